The Hall–Kier alpha value is -2.42. The molecule has 0 saturated heterocycles. The van der Waals surface area contributed by atoms with Crippen LogP contribution in [0.3, 0.4) is 0 Å². The predicted octanol–water partition coefficient (Wildman–Crippen LogP) is 4.63. The molecule has 0 spiro atoms. The van der Waals surface area contributed by atoms with Crippen LogP contribution in [0.25, 0.3) is 22.3 Å². The van der Waals surface area contributed by atoms with Gasteiger partial charge in [0, 0.05) is 5.56 Å². The monoisotopic (exact) mass is 328 g/mol. The van der Waals surface area contributed by atoms with Crippen LogP contribution in [-0.4, -0.2) is 0 Å². The van der Waals surface area contributed by atoms with Gasteiger partial charge in [-0.05, 0) is 51.6 Å². The van der Waals surface area contributed by atoms with Crippen molar-refractivity contribution in [1.29, 1.82) is 0 Å². The summed E-state index contributed by atoms with van der Waals surface area (Å²) in [6.45, 7) is 0. The molecule has 114 valence electrons. The van der Waals surface area contributed by atoms with Crippen LogP contribution in [0.1, 0.15) is 0 Å². The minimum Gasteiger partial charge on any atom is -0.207 e. The van der Waals surface area contributed by atoms with E-state index in [0.717, 1.165) is 11.1 Å². The molecule has 0 aliphatic carbocycles. The van der Waals surface area contributed by atoms with E-state index in [2.05, 4.69) is 0 Å². The van der Waals surface area contributed by atoms with E-state index in [-0.39, 0.29) is 11.6 Å². The lowest BCUT2D eigenvalue weighted by Gasteiger charge is -2.10. The molecule has 3 rings (SSSR count). The van der Waals surface area contributed by atoms with E-state index in [1.54, 1.807) is 36.4 Å². The summed E-state index contributed by atoms with van der Waals surface area (Å²) in [4.78, 5) is 0. The molecule has 2 nitrogen and oxygen atoms in total. The van der Waals surface area contributed by atoms with Gasteiger partial charge in [0.15, 0.2) is 0 Å². The smallest absolute Gasteiger partial charge is 0.207 e. The minimum absolute atomic E-state index is 0.335. The van der Waals surface area contributed by atoms with Gasteiger partial charge in [0.2, 0.25) is 5.30 Å². The highest BCUT2D eigenvalue weighted by Gasteiger charge is 2.23. The van der Waals surface area contributed by atoms with E-state index in [1.165, 1.54) is 24.3 Å². The summed E-state index contributed by atoms with van der Waals surface area (Å²) in [6.07, 6.45) is 0. The molecule has 0 aromatic heterocycles. The summed E-state index contributed by atoms with van der Waals surface area (Å²) in [5.41, 5.74) is 8.54. The molecule has 0 amide bonds. The maximum Gasteiger partial charge on any atom is 0.469 e. The van der Waals surface area contributed by atoms with Gasteiger partial charge in [0.05, 0.1) is 0 Å². The summed E-state index contributed by atoms with van der Waals surface area (Å²) in [5.74, 6) is -0.690. The van der Waals surface area contributed by atoms with Crippen molar-refractivity contribution >= 4 is 13.3 Å². The second-order valence-electron chi connectivity index (χ2n) is 5.04. The van der Waals surface area contributed by atoms with Gasteiger partial charge in [-0.2, -0.15) is 0 Å². The SMILES string of the molecule is N[P+](=O)c1cccc(-c2ccc(F)cc2)c1-c1ccc(F)cc1. The molecule has 1 atom stereocenters. The van der Waals surface area contributed by atoms with Crippen LogP contribution in [0, 0.1) is 11.6 Å². The Morgan fingerprint density at radius 2 is 1.26 bits per heavy atom. The van der Waals surface area contributed by atoms with Crippen LogP contribution in [-0.2, 0) is 4.57 Å². The van der Waals surface area contributed by atoms with Gasteiger partial charge < -0.3 is 0 Å². The Bertz CT molecular complexity index is 861. The highest BCUT2D eigenvalue weighted by atomic mass is 31.1. The lowest BCUT2D eigenvalue weighted by atomic mass is 9.94. The molecular weight excluding hydrogens is 315 g/mol. The van der Waals surface area contributed by atoms with Gasteiger partial charge >= 0.3 is 7.95 Å². The molecule has 2 N–H and O–H groups in total. The fourth-order valence-corrected chi connectivity index (χ4v) is 3.22. The summed E-state index contributed by atoms with van der Waals surface area (Å²) in [6, 6.07) is 17.2. The number of nitrogens with two attached hydrogens (primary N) is 1. The van der Waals surface area contributed by atoms with Crippen LogP contribution >= 0.6 is 7.95 Å². The van der Waals surface area contributed by atoms with Crippen LogP contribution < -0.4 is 10.8 Å². The number of halogens is 2. The summed E-state index contributed by atoms with van der Waals surface area (Å²) in [5, 5.41) is 0.480. The van der Waals surface area contributed by atoms with Crippen molar-refractivity contribution in [3.8, 4) is 22.3 Å². The highest BCUT2D eigenvalue weighted by Crippen LogP contribution is 2.34. The summed E-state index contributed by atoms with van der Waals surface area (Å²) >= 11 is 0. The molecule has 0 radical (unpaired) electrons. The normalized spacial score (nSPS) is 11.3. The third-order valence-electron chi connectivity index (χ3n) is 3.57. The zero-order valence-electron chi connectivity index (χ0n) is 12.0. The largest absolute Gasteiger partial charge is 0.469 e. The molecule has 1 unspecified atom stereocenters. The molecule has 0 saturated carbocycles. The maximum absolute atomic E-state index is 13.2. The third kappa shape index (κ3) is 3.19. The quantitative estimate of drug-likeness (QED) is 0.713. The Kier molecular flexibility index (Phi) is 4.28. The van der Waals surface area contributed by atoms with Crippen LogP contribution in [0.2, 0.25) is 0 Å². The second kappa shape index (κ2) is 6.37. The second-order valence-corrected chi connectivity index (χ2v) is 6.17. The first-order valence-corrected chi connectivity index (χ1v) is 8.26. The lowest BCUT2D eigenvalue weighted by molar-refractivity contribution is 0.594. The van der Waals surface area contributed by atoms with Crippen LogP contribution in [0.5, 0.6) is 0 Å². The average Bonchev–Trinajstić information content (AvgIpc) is 2.55. The first-order chi connectivity index (χ1) is 11.1. The molecule has 3 aromatic carbocycles. The van der Waals surface area contributed by atoms with E-state index in [4.69, 9.17) is 5.50 Å². The topological polar surface area (TPSA) is 43.1 Å². The fraction of sp³-hybridized carbons (Fsp3) is 0. The van der Waals surface area contributed by atoms with Crippen molar-refractivity contribution in [1.82, 2.24) is 0 Å². The maximum atomic E-state index is 13.2. The Labute approximate surface area is 133 Å². The number of rotatable bonds is 3. The molecule has 0 aliphatic heterocycles. The van der Waals surface area contributed by atoms with Gasteiger partial charge in [-0.3, -0.25) is 0 Å². The number of hydrogen-bond donors (Lipinski definition) is 1. The van der Waals surface area contributed by atoms with Crippen molar-refractivity contribution in [2.75, 3.05) is 0 Å². The molecule has 3 aromatic rings. The first-order valence-electron chi connectivity index (χ1n) is 6.93. The third-order valence-corrected chi connectivity index (χ3v) is 4.42. The van der Waals surface area contributed by atoms with Gasteiger partial charge in [-0.1, -0.05) is 36.4 Å². The summed E-state index contributed by atoms with van der Waals surface area (Å²) in [7, 11) is -2.08. The van der Waals surface area contributed by atoms with Gasteiger partial charge in [-0.15, -0.1) is 5.50 Å². The van der Waals surface area contributed by atoms with E-state index in [1.807, 2.05) is 6.07 Å². The minimum atomic E-state index is -2.08. The molecule has 0 heterocycles. The standard InChI is InChI=1S/C18H13F2NOP/c19-14-8-4-12(5-9-14)16-2-1-3-17(23(21)22)18(16)13-6-10-15(20)11-7-13/h1-11H,(H2,21,22)/q+1. The van der Waals surface area contributed by atoms with Gasteiger partial charge in [0.1, 0.15) is 11.6 Å². The Morgan fingerprint density at radius 3 is 1.78 bits per heavy atom. The van der Waals surface area contributed by atoms with Gasteiger partial charge in [0.25, 0.3) is 0 Å². The van der Waals surface area contributed by atoms with Gasteiger partial charge in [-0.25, -0.2) is 8.78 Å². The zero-order valence-corrected chi connectivity index (χ0v) is 12.9. The molecule has 0 aliphatic rings. The van der Waals surface area contributed by atoms with E-state index >= 15 is 0 Å². The van der Waals surface area contributed by atoms with E-state index < -0.39 is 7.95 Å². The molecule has 5 heteroatoms. The molecule has 23 heavy (non-hydrogen) atoms. The Morgan fingerprint density at radius 1 is 0.739 bits per heavy atom. The molecule has 0 fully saturated rings. The first kappa shape index (κ1) is 15.5. The predicted molar refractivity (Wildman–Crippen MR) is 88.7 cm³/mol. The van der Waals surface area contributed by atoms with Crippen molar-refractivity contribution in [3.63, 3.8) is 0 Å². The summed E-state index contributed by atoms with van der Waals surface area (Å²) < 4.78 is 38.3. The number of benzene rings is 3. The molecular formula is C18H13F2NOP+. The zero-order chi connectivity index (χ0) is 16.4. The number of hydrogen-bond acceptors (Lipinski definition) is 1. The Balaban J connectivity index is 2.27. The molecule has 0 bridgehead atoms. The van der Waals surface area contributed by atoms with Crippen LogP contribution in [0.15, 0.2) is 66.7 Å². The van der Waals surface area contributed by atoms with Crippen molar-refractivity contribution in [2.45, 2.75) is 0 Å². The van der Waals surface area contributed by atoms with Crippen molar-refractivity contribution < 1.29 is 13.3 Å². The van der Waals surface area contributed by atoms with Crippen LogP contribution in [0.4, 0.5) is 8.78 Å². The highest BCUT2D eigenvalue weighted by molar-refractivity contribution is 7.51. The van der Waals surface area contributed by atoms with E-state index in [9.17, 15) is 13.3 Å². The fourth-order valence-electron chi connectivity index (χ4n) is 2.51. The average molecular weight is 328 g/mol. The van der Waals surface area contributed by atoms with E-state index in [0.29, 0.717) is 16.4 Å². The lowest BCUT2D eigenvalue weighted by Crippen LogP contribution is -2.07. The van der Waals surface area contributed by atoms with Crippen molar-refractivity contribution in [3.05, 3.63) is 78.4 Å². The van der Waals surface area contributed by atoms with Crippen molar-refractivity contribution in [2.24, 2.45) is 5.50 Å².